The molecular weight excluding hydrogens is 278 g/mol. The first-order valence-corrected chi connectivity index (χ1v) is 6.60. The van der Waals surface area contributed by atoms with Crippen LogP contribution < -0.4 is 10.1 Å². The normalized spacial score (nSPS) is 10.9. The van der Waals surface area contributed by atoms with E-state index in [0.29, 0.717) is 22.6 Å². The largest absolute Gasteiger partial charge is 0.481 e. The van der Waals surface area contributed by atoms with Crippen molar-refractivity contribution in [3.8, 4) is 17.9 Å². The van der Waals surface area contributed by atoms with Crippen LogP contribution in [0.5, 0.6) is 5.75 Å². The zero-order chi connectivity index (χ0) is 15.9. The Morgan fingerprint density at radius 2 is 1.50 bits per heavy atom. The smallest absolute Gasteiger partial charge is 0.265 e. The van der Waals surface area contributed by atoms with E-state index in [1.165, 1.54) is 0 Å². The van der Waals surface area contributed by atoms with Crippen molar-refractivity contribution in [2.24, 2.45) is 0 Å². The Morgan fingerprint density at radius 3 is 2.00 bits per heavy atom. The fourth-order valence-corrected chi connectivity index (χ4v) is 1.74. The molecule has 0 saturated carbocycles. The summed E-state index contributed by atoms with van der Waals surface area (Å²) in [5, 5.41) is 20.2. The van der Waals surface area contributed by atoms with E-state index in [9.17, 15) is 4.79 Å². The highest BCUT2D eigenvalue weighted by Crippen LogP contribution is 2.15. The Kier molecular flexibility index (Phi) is 4.74. The van der Waals surface area contributed by atoms with Crippen LogP contribution in [0.3, 0.4) is 0 Å². The van der Waals surface area contributed by atoms with Gasteiger partial charge in [-0.2, -0.15) is 10.5 Å². The minimum atomic E-state index is -0.691. The molecule has 1 N–H and O–H groups in total. The summed E-state index contributed by atoms with van der Waals surface area (Å²) in [5.41, 5.74) is 1.65. The second-order valence-electron chi connectivity index (χ2n) is 4.57. The van der Waals surface area contributed by atoms with E-state index in [0.717, 1.165) is 0 Å². The number of carbonyl (C=O) groups excluding carboxylic acids is 1. The Balaban J connectivity index is 1.96. The van der Waals surface area contributed by atoms with E-state index in [1.807, 2.05) is 12.1 Å². The molecule has 0 aliphatic heterocycles. The summed E-state index contributed by atoms with van der Waals surface area (Å²) in [6.07, 6.45) is -0.691. The quantitative estimate of drug-likeness (QED) is 0.938. The third kappa shape index (κ3) is 3.84. The summed E-state index contributed by atoms with van der Waals surface area (Å²) in [6.45, 7) is 1.64. The van der Waals surface area contributed by atoms with Crippen LogP contribution >= 0.6 is 0 Å². The van der Waals surface area contributed by atoms with Gasteiger partial charge in [-0.3, -0.25) is 4.79 Å². The number of hydrogen-bond donors (Lipinski definition) is 1. The van der Waals surface area contributed by atoms with Crippen LogP contribution in [0.15, 0.2) is 48.5 Å². The topological polar surface area (TPSA) is 85.9 Å². The molecule has 0 aromatic heterocycles. The molecule has 0 unspecified atom stereocenters. The maximum Gasteiger partial charge on any atom is 0.265 e. The van der Waals surface area contributed by atoms with Crippen LogP contribution in [0.25, 0.3) is 0 Å². The van der Waals surface area contributed by atoms with Crippen LogP contribution in [0.2, 0.25) is 0 Å². The van der Waals surface area contributed by atoms with E-state index >= 15 is 0 Å². The number of anilines is 1. The van der Waals surface area contributed by atoms with Crippen molar-refractivity contribution in [2.45, 2.75) is 13.0 Å². The molecule has 2 rings (SSSR count). The highest BCUT2D eigenvalue weighted by atomic mass is 16.5. The molecule has 0 saturated heterocycles. The maximum atomic E-state index is 12.0. The van der Waals surface area contributed by atoms with Crippen molar-refractivity contribution in [1.29, 1.82) is 10.5 Å². The Labute approximate surface area is 128 Å². The van der Waals surface area contributed by atoms with Gasteiger partial charge >= 0.3 is 0 Å². The molecule has 2 aromatic rings. The minimum absolute atomic E-state index is 0.297. The summed E-state index contributed by atoms with van der Waals surface area (Å²) in [6, 6.07) is 17.1. The van der Waals surface area contributed by atoms with Gasteiger partial charge in [0.25, 0.3) is 5.91 Å². The van der Waals surface area contributed by atoms with Crippen molar-refractivity contribution in [1.82, 2.24) is 0 Å². The number of nitrogens with zero attached hydrogens (tertiary/aromatic N) is 2. The standard InChI is InChI=1S/C17H13N3O2/c1-12(22-16-8-4-14(11-19)5-9-16)17(21)20-15-6-2-13(10-18)3-7-15/h2-9,12H,1H3,(H,20,21)/t12-/m1/s1. The molecule has 0 fully saturated rings. The van der Waals surface area contributed by atoms with Gasteiger partial charge < -0.3 is 10.1 Å². The lowest BCUT2D eigenvalue weighted by atomic mass is 10.2. The van der Waals surface area contributed by atoms with Crippen LogP contribution in [0, 0.1) is 22.7 Å². The van der Waals surface area contributed by atoms with Gasteiger partial charge in [0.05, 0.1) is 23.3 Å². The molecule has 22 heavy (non-hydrogen) atoms. The Morgan fingerprint density at radius 1 is 1.00 bits per heavy atom. The van der Waals surface area contributed by atoms with Gasteiger partial charge in [-0.1, -0.05) is 0 Å². The monoisotopic (exact) mass is 291 g/mol. The van der Waals surface area contributed by atoms with Crippen molar-refractivity contribution in [2.75, 3.05) is 5.32 Å². The van der Waals surface area contributed by atoms with Crippen molar-refractivity contribution in [3.05, 3.63) is 59.7 Å². The second kappa shape index (κ2) is 6.92. The number of nitrogens with one attached hydrogen (secondary N) is 1. The van der Waals surface area contributed by atoms with Crippen molar-refractivity contribution >= 4 is 11.6 Å². The van der Waals surface area contributed by atoms with E-state index in [1.54, 1.807) is 55.5 Å². The fraction of sp³-hybridized carbons (Fsp3) is 0.118. The molecule has 1 atom stereocenters. The molecule has 0 aliphatic carbocycles. The average molecular weight is 291 g/mol. The number of hydrogen-bond acceptors (Lipinski definition) is 4. The van der Waals surface area contributed by atoms with Gasteiger partial charge in [0.15, 0.2) is 6.10 Å². The highest BCUT2D eigenvalue weighted by molar-refractivity contribution is 5.94. The Hall–Kier alpha value is -3.31. The van der Waals surface area contributed by atoms with Crippen LogP contribution in [-0.4, -0.2) is 12.0 Å². The third-order valence-electron chi connectivity index (χ3n) is 2.95. The molecule has 2 aromatic carbocycles. The Bertz CT molecular complexity index is 737. The van der Waals surface area contributed by atoms with E-state index in [-0.39, 0.29) is 5.91 Å². The third-order valence-corrected chi connectivity index (χ3v) is 2.95. The number of ether oxygens (including phenoxy) is 1. The molecule has 0 bridgehead atoms. The summed E-state index contributed by atoms with van der Waals surface area (Å²) < 4.78 is 5.52. The first-order valence-electron chi connectivity index (χ1n) is 6.60. The molecule has 0 spiro atoms. The van der Waals surface area contributed by atoms with E-state index < -0.39 is 6.10 Å². The van der Waals surface area contributed by atoms with Crippen LogP contribution in [0.4, 0.5) is 5.69 Å². The predicted octanol–water partition coefficient (Wildman–Crippen LogP) is 2.84. The number of amides is 1. The average Bonchev–Trinajstić information content (AvgIpc) is 2.56. The minimum Gasteiger partial charge on any atom is -0.481 e. The summed E-state index contributed by atoms with van der Waals surface area (Å²) in [7, 11) is 0. The number of benzene rings is 2. The maximum absolute atomic E-state index is 12.0. The number of carbonyl (C=O) groups is 1. The molecule has 1 amide bonds. The van der Waals surface area contributed by atoms with Crippen molar-refractivity contribution < 1.29 is 9.53 Å². The number of rotatable bonds is 4. The lowest BCUT2D eigenvalue weighted by molar-refractivity contribution is -0.122. The molecule has 5 heteroatoms. The summed E-state index contributed by atoms with van der Waals surface area (Å²) >= 11 is 0. The summed E-state index contributed by atoms with van der Waals surface area (Å²) in [4.78, 5) is 12.0. The molecule has 0 aliphatic rings. The van der Waals surface area contributed by atoms with Gasteiger partial charge in [0, 0.05) is 5.69 Å². The van der Waals surface area contributed by atoms with Gasteiger partial charge in [-0.05, 0) is 55.5 Å². The lowest BCUT2D eigenvalue weighted by Crippen LogP contribution is -2.30. The van der Waals surface area contributed by atoms with Gasteiger partial charge in [-0.25, -0.2) is 0 Å². The van der Waals surface area contributed by atoms with Gasteiger partial charge in [0.2, 0.25) is 0 Å². The zero-order valence-electron chi connectivity index (χ0n) is 11.9. The molecule has 0 radical (unpaired) electrons. The lowest BCUT2D eigenvalue weighted by Gasteiger charge is -2.14. The van der Waals surface area contributed by atoms with E-state index in [4.69, 9.17) is 15.3 Å². The second-order valence-corrected chi connectivity index (χ2v) is 4.57. The fourth-order valence-electron chi connectivity index (χ4n) is 1.74. The molecule has 5 nitrogen and oxygen atoms in total. The van der Waals surface area contributed by atoms with E-state index in [2.05, 4.69) is 5.32 Å². The summed E-state index contributed by atoms with van der Waals surface area (Å²) in [5.74, 6) is 0.218. The van der Waals surface area contributed by atoms with Crippen LogP contribution in [-0.2, 0) is 4.79 Å². The first-order chi connectivity index (χ1) is 10.6. The van der Waals surface area contributed by atoms with Gasteiger partial charge in [0.1, 0.15) is 5.75 Å². The predicted molar refractivity (Wildman–Crippen MR) is 81.0 cm³/mol. The SMILES string of the molecule is C[C@@H](Oc1ccc(C#N)cc1)C(=O)Nc1ccc(C#N)cc1. The van der Waals surface area contributed by atoms with Gasteiger partial charge in [-0.15, -0.1) is 0 Å². The molecule has 108 valence electrons. The first kappa shape index (κ1) is 15.1. The number of nitriles is 2. The van der Waals surface area contributed by atoms with Crippen molar-refractivity contribution in [3.63, 3.8) is 0 Å². The molecule has 0 heterocycles. The zero-order valence-corrected chi connectivity index (χ0v) is 11.9. The van der Waals surface area contributed by atoms with Crippen LogP contribution in [0.1, 0.15) is 18.1 Å². The molecular formula is C17H13N3O2. The highest BCUT2D eigenvalue weighted by Gasteiger charge is 2.14.